The number of aromatic nitrogens is 2. The standard InChI is InChI=1S/C23H28N4O3/c24-19(23(29)27-17-4-2-1-3-5-17)12-15-6-8-18(9-7-15)30-20-10-11-25-22-21(20)16(14-28)13-26-22/h6-11,13,17,19,28H,1-5,12,14,24H2,(H,25,26)(H,27,29). The van der Waals surface area contributed by atoms with Gasteiger partial charge in [0.2, 0.25) is 5.91 Å². The van der Waals surface area contributed by atoms with Crippen molar-refractivity contribution in [2.24, 2.45) is 5.73 Å². The first-order valence-electron chi connectivity index (χ1n) is 10.5. The SMILES string of the molecule is NC(Cc1ccc(Oc2ccnc3[nH]cc(CO)c23)cc1)C(=O)NC1CCCCC1. The van der Waals surface area contributed by atoms with Crippen LogP contribution in [0.25, 0.3) is 11.0 Å². The highest BCUT2D eigenvalue weighted by Gasteiger charge is 2.20. The number of carbonyl (C=O) groups excluding carboxylic acids is 1. The zero-order valence-electron chi connectivity index (χ0n) is 16.9. The fourth-order valence-electron chi connectivity index (χ4n) is 4.02. The molecule has 7 heteroatoms. The molecule has 4 rings (SSSR count). The van der Waals surface area contributed by atoms with Crippen molar-refractivity contribution in [2.75, 3.05) is 0 Å². The summed E-state index contributed by atoms with van der Waals surface area (Å²) in [6, 6.07) is 9.04. The van der Waals surface area contributed by atoms with Crippen LogP contribution >= 0.6 is 0 Å². The summed E-state index contributed by atoms with van der Waals surface area (Å²) >= 11 is 0. The maximum absolute atomic E-state index is 12.4. The van der Waals surface area contributed by atoms with Crippen molar-refractivity contribution in [3.63, 3.8) is 0 Å². The summed E-state index contributed by atoms with van der Waals surface area (Å²) in [5.41, 5.74) is 8.52. The fourth-order valence-corrected chi connectivity index (χ4v) is 4.02. The molecule has 0 bridgehead atoms. The molecule has 2 aromatic heterocycles. The third-order valence-corrected chi connectivity index (χ3v) is 5.68. The Morgan fingerprint density at radius 1 is 1.23 bits per heavy atom. The number of aromatic amines is 1. The zero-order valence-corrected chi connectivity index (χ0v) is 16.9. The Bertz CT molecular complexity index is 993. The second-order valence-corrected chi connectivity index (χ2v) is 7.90. The minimum absolute atomic E-state index is 0.0783. The quantitative estimate of drug-likeness (QED) is 0.480. The van der Waals surface area contributed by atoms with E-state index in [1.54, 1.807) is 18.5 Å². The van der Waals surface area contributed by atoms with Gasteiger partial charge < -0.3 is 25.9 Å². The van der Waals surface area contributed by atoms with Gasteiger partial charge in [0, 0.05) is 24.0 Å². The normalized spacial score (nSPS) is 15.8. The van der Waals surface area contributed by atoms with Crippen molar-refractivity contribution in [2.45, 2.75) is 57.2 Å². The van der Waals surface area contributed by atoms with Crippen LogP contribution in [-0.4, -0.2) is 33.1 Å². The Balaban J connectivity index is 1.38. The number of fused-ring (bicyclic) bond motifs is 1. The van der Waals surface area contributed by atoms with Crippen molar-refractivity contribution >= 4 is 16.9 Å². The molecule has 1 unspecified atom stereocenters. The number of hydrogen-bond donors (Lipinski definition) is 4. The highest BCUT2D eigenvalue weighted by molar-refractivity contribution is 5.86. The average Bonchev–Trinajstić information content (AvgIpc) is 3.20. The first-order valence-corrected chi connectivity index (χ1v) is 10.5. The van der Waals surface area contributed by atoms with Gasteiger partial charge in [0.25, 0.3) is 0 Å². The molecule has 30 heavy (non-hydrogen) atoms. The van der Waals surface area contributed by atoms with Crippen LogP contribution in [0, 0.1) is 0 Å². The average molecular weight is 409 g/mol. The van der Waals surface area contributed by atoms with E-state index in [1.807, 2.05) is 24.3 Å². The van der Waals surface area contributed by atoms with E-state index >= 15 is 0 Å². The molecule has 2 heterocycles. The van der Waals surface area contributed by atoms with Gasteiger partial charge in [-0.2, -0.15) is 0 Å². The number of aliphatic hydroxyl groups excluding tert-OH is 1. The highest BCUT2D eigenvalue weighted by Crippen LogP contribution is 2.31. The summed E-state index contributed by atoms with van der Waals surface area (Å²) in [6.45, 7) is -0.0954. The lowest BCUT2D eigenvalue weighted by Crippen LogP contribution is -2.46. The number of nitrogens with one attached hydrogen (secondary N) is 2. The van der Waals surface area contributed by atoms with Crippen molar-refractivity contribution in [3.8, 4) is 11.5 Å². The first-order chi connectivity index (χ1) is 14.6. The lowest BCUT2D eigenvalue weighted by molar-refractivity contribution is -0.123. The van der Waals surface area contributed by atoms with Gasteiger partial charge >= 0.3 is 0 Å². The Morgan fingerprint density at radius 3 is 2.73 bits per heavy atom. The third-order valence-electron chi connectivity index (χ3n) is 5.68. The molecular weight excluding hydrogens is 380 g/mol. The fraction of sp³-hybridized carbons (Fsp3) is 0.391. The number of H-pyrrole nitrogens is 1. The van der Waals surface area contributed by atoms with Crippen molar-refractivity contribution in [1.82, 2.24) is 15.3 Å². The van der Waals surface area contributed by atoms with E-state index in [1.165, 1.54) is 19.3 Å². The number of hydrogen-bond acceptors (Lipinski definition) is 5. The van der Waals surface area contributed by atoms with Gasteiger partial charge in [-0.1, -0.05) is 31.4 Å². The molecule has 1 aliphatic carbocycles. The Morgan fingerprint density at radius 2 is 2.00 bits per heavy atom. The van der Waals surface area contributed by atoms with E-state index in [0.29, 0.717) is 23.6 Å². The molecule has 1 aromatic carbocycles. The zero-order chi connectivity index (χ0) is 20.9. The molecule has 0 spiro atoms. The minimum atomic E-state index is -0.564. The lowest BCUT2D eigenvalue weighted by Gasteiger charge is -2.24. The van der Waals surface area contributed by atoms with Crippen LogP contribution in [0.2, 0.25) is 0 Å². The van der Waals surface area contributed by atoms with Crippen LogP contribution in [0.1, 0.15) is 43.2 Å². The smallest absolute Gasteiger partial charge is 0.237 e. The predicted molar refractivity (Wildman–Crippen MR) is 115 cm³/mol. The molecule has 158 valence electrons. The largest absolute Gasteiger partial charge is 0.457 e. The predicted octanol–water partition coefficient (Wildman–Crippen LogP) is 3.17. The summed E-state index contributed by atoms with van der Waals surface area (Å²) in [5.74, 6) is 1.21. The molecule has 0 saturated heterocycles. The summed E-state index contributed by atoms with van der Waals surface area (Å²) in [5, 5.41) is 13.4. The molecule has 3 aromatic rings. The van der Waals surface area contributed by atoms with Gasteiger partial charge in [0.05, 0.1) is 18.0 Å². The van der Waals surface area contributed by atoms with Crippen LogP contribution in [0.3, 0.4) is 0 Å². The number of aliphatic hydroxyl groups is 1. The molecule has 0 aliphatic heterocycles. The van der Waals surface area contributed by atoms with Crippen LogP contribution in [0.4, 0.5) is 0 Å². The Labute approximate surface area is 175 Å². The molecule has 1 saturated carbocycles. The molecule has 5 N–H and O–H groups in total. The maximum atomic E-state index is 12.4. The number of nitrogens with two attached hydrogens (primary N) is 1. The van der Waals surface area contributed by atoms with Crippen molar-refractivity contribution in [1.29, 1.82) is 0 Å². The summed E-state index contributed by atoms with van der Waals surface area (Å²) in [6.07, 6.45) is 9.56. The molecule has 0 radical (unpaired) electrons. The Kier molecular flexibility index (Phi) is 6.30. The molecule has 1 fully saturated rings. The van der Waals surface area contributed by atoms with E-state index in [4.69, 9.17) is 10.5 Å². The van der Waals surface area contributed by atoms with Crippen LogP contribution < -0.4 is 15.8 Å². The van der Waals surface area contributed by atoms with Gasteiger partial charge in [-0.25, -0.2) is 4.98 Å². The van der Waals surface area contributed by atoms with Crippen molar-refractivity contribution < 1.29 is 14.6 Å². The summed E-state index contributed by atoms with van der Waals surface area (Å²) < 4.78 is 6.02. The first kappa shape index (κ1) is 20.4. The number of rotatable bonds is 7. The topological polar surface area (TPSA) is 113 Å². The van der Waals surface area contributed by atoms with Crippen LogP contribution in [0.15, 0.2) is 42.7 Å². The van der Waals surface area contributed by atoms with E-state index < -0.39 is 6.04 Å². The molecule has 1 aliphatic rings. The van der Waals surface area contributed by atoms with Crippen LogP contribution in [-0.2, 0) is 17.8 Å². The van der Waals surface area contributed by atoms with E-state index in [0.717, 1.165) is 29.4 Å². The van der Waals surface area contributed by atoms with Gasteiger partial charge in [0.1, 0.15) is 17.1 Å². The van der Waals surface area contributed by atoms with Gasteiger partial charge in [-0.05, 0) is 43.0 Å². The van der Waals surface area contributed by atoms with Gasteiger partial charge in [-0.3, -0.25) is 4.79 Å². The second-order valence-electron chi connectivity index (χ2n) is 7.90. The summed E-state index contributed by atoms with van der Waals surface area (Å²) in [4.78, 5) is 19.7. The third kappa shape index (κ3) is 4.63. The molecular formula is C23H28N4O3. The van der Waals surface area contributed by atoms with E-state index in [-0.39, 0.29) is 18.6 Å². The number of nitrogens with zero attached hydrogens (tertiary/aromatic N) is 1. The molecule has 1 amide bonds. The van der Waals surface area contributed by atoms with Gasteiger partial charge in [-0.15, -0.1) is 0 Å². The number of pyridine rings is 1. The summed E-state index contributed by atoms with van der Waals surface area (Å²) in [7, 11) is 0. The monoisotopic (exact) mass is 408 g/mol. The van der Waals surface area contributed by atoms with E-state index in [2.05, 4.69) is 15.3 Å². The minimum Gasteiger partial charge on any atom is -0.457 e. The van der Waals surface area contributed by atoms with Gasteiger partial charge in [0.15, 0.2) is 0 Å². The van der Waals surface area contributed by atoms with E-state index in [9.17, 15) is 9.90 Å². The van der Waals surface area contributed by atoms with Crippen molar-refractivity contribution in [3.05, 3.63) is 53.9 Å². The lowest BCUT2D eigenvalue weighted by atomic mass is 9.95. The maximum Gasteiger partial charge on any atom is 0.237 e. The number of carbonyl (C=O) groups is 1. The Hall–Kier alpha value is -2.90. The number of amides is 1. The second kappa shape index (κ2) is 9.28. The number of ether oxygens (including phenoxy) is 1. The molecule has 7 nitrogen and oxygen atoms in total. The van der Waals surface area contributed by atoms with Crippen LogP contribution in [0.5, 0.6) is 11.5 Å². The highest BCUT2D eigenvalue weighted by atomic mass is 16.5. The number of benzene rings is 1. The molecule has 1 atom stereocenters.